The molecule has 6 rings (SSSR count). The van der Waals surface area contributed by atoms with Crippen LogP contribution in [0, 0.1) is 0 Å². The zero-order chi connectivity index (χ0) is 32.3. The number of rotatable bonds is 10. The average molecular weight is 623 g/mol. The lowest BCUT2D eigenvalue weighted by atomic mass is 10.1. The van der Waals surface area contributed by atoms with E-state index in [1.165, 1.54) is 10.1 Å². The van der Waals surface area contributed by atoms with Gasteiger partial charge < -0.3 is 19.9 Å². The summed E-state index contributed by atoms with van der Waals surface area (Å²) in [6.07, 6.45) is 10.3. The third-order valence-electron chi connectivity index (χ3n) is 7.89. The van der Waals surface area contributed by atoms with E-state index in [2.05, 4.69) is 37.5 Å². The van der Waals surface area contributed by atoms with Crippen LogP contribution >= 0.6 is 0 Å². The van der Waals surface area contributed by atoms with Crippen LogP contribution in [0.2, 0.25) is 0 Å². The fraction of sp³-hybridized carbons (Fsp3) is 0.353. The summed E-state index contributed by atoms with van der Waals surface area (Å²) >= 11 is 0. The summed E-state index contributed by atoms with van der Waals surface area (Å²) in [5, 5.41) is 8.41. The first-order valence-electron chi connectivity index (χ1n) is 15.5. The number of hydrogen-bond donors (Lipinski definition) is 2. The highest BCUT2D eigenvalue weighted by molar-refractivity contribution is 5.80. The Morgan fingerprint density at radius 2 is 1.87 bits per heavy atom. The quantitative estimate of drug-likeness (QED) is 0.237. The van der Waals surface area contributed by atoms with Gasteiger partial charge in [0.25, 0.3) is 5.56 Å². The van der Waals surface area contributed by atoms with Gasteiger partial charge in [0.2, 0.25) is 5.91 Å². The number of amides is 2. The average Bonchev–Trinajstić information content (AvgIpc) is 3.64. The molecule has 0 spiro atoms. The van der Waals surface area contributed by atoms with Crippen molar-refractivity contribution in [3.8, 4) is 11.3 Å². The molecule has 12 nitrogen and oxygen atoms in total. The number of aromatic nitrogens is 6. The minimum absolute atomic E-state index is 0.0264. The second kappa shape index (κ2) is 13.0. The zero-order valence-electron chi connectivity index (χ0n) is 26.3. The van der Waals surface area contributed by atoms with Crippen LogP contribution < -0.4 is 10.9 Å². The topological polar surface area (TPSA) is 140 Å². The molecule has 1 aliphatic heterocycles. The summed E-state index contributed by atoms with van der Waals surface area (Å²) in [6, 6.07) is 13.9. The molecule has 1 saturated heterocycles. The summed E-state index contributed by atoms with van der Waals surface area (Å²) in [5.41, 5.74) is 3.67. The molecule has 1 aromatic carbocycles. The van der Waals surface area contributed by atoms with E-state index in [-0.39, 0.29) is 36.7 Å². The zero-order valence-corrected chi connectivity index (χ0v) is 26.3. The van der Waals surface area contributed by atoms with Gasteiger partial charge in [-0.05, 0) is 57.7 Å². The molecule has 0 radical (unpaired) electrons. The Balaban J connectivity index is 1.18. The summed E-state index contributed by atoms with van der Waals surface area (Å²) in [6.45, 7) is 6.55. The van der Waals surface area contributed by atoms with Gasteiger partial charge in [-0.2, -0.15) is 5.10 Å². The van der Waals surface area contributed by atoms with Gasteiger partial charge in [-0.25, -0.2) is 4.79 Å². The molecule has 2 amide bonds. The van der Waals surface area contributed by atoms with E-state index >= 15 is 0 Å². The number of fused-ring (bicyclic) bond motifs is 1. The van der Waals surface area contributed by atoms with Crippen LogP contribution in [-0.4, -0.2) is 64.9 Å². The molecular weight excluding hydrogens is 584 g/mol. The van der Waals surface area contributed by atoms with Crippen molar-refractivity contribution in [2.45, 2.75) is 64.8 Å². The fourth-order valence-corrected chi connectivity index (χ4v) is 5.48. The molecule has 0 atom stereocenters. The largest absolute Gasteiger partial charge is 0.444 e. The van der Waals surface area contributed by atoms with Gasteiger partial charge in [0, 0.05) is 53.8 Å². The van der Waals surface area contributed by atoms with Crippen molar-refractivity contribution in [2.75, 3.05) is 13.1 Å². The third kappa shape index (κ3) is 7.17. The molecule has 4 aromatic heterocycles. The van der Waals surface area contributed by atoms with Gasteiger partial charge in [-0.15, -0.1) is 0 Å². The number of carbonyl (C=O) groups excluding carboxylic acids is 2. The van der Waals surface area contributed by atoms with E-state index < -0.39 is 5.60 Å². The van der Waals surface area contributed by atoms with Crippen molar-refractivity contribution in [1.29, 1.82) is 0 Å². The number of pyridine rings is 1. The van der Waals surface area contributed by atoms with Gasteiger partial charge in [0.15, 0.2) is 0 Å². The highest BCUT2D eigenvalue weighted by Crippen LogP contribution is 2.26. The molecule has 5 heterocycles. The maximum absolute atomic E-state index is 13.8. The van der Waals surface area contributed by atoms with Crippen molar-refractivity contribution in [3.63, 3.8) is 0 Å². The summed E-state index contributed by atoms with van der Waals surface area (Å²) in [7, 11) is 0. The normalized spacial score (nSPS) is 13.5. The fourth-order valence-electron chi connectivity index (χ4n) is 5.48. The van der Waals surface area contributed by atoms with Crippen molar-refractivity contribution >= 4 is 22.9 Å². The van der Waals surface area contributed by atoms with Crippen molar-refractivity contribution < 1.29 is 14.3 Å². The minimum atomic E-state index is -0.565. The molecule has 238 valence electrons. The summed E-state index contributed by atoms with van der Waals surface area (Å²) in [4.78, 5) is 53.0. The highest BCUT2D eigenvalue weighted by Gasteiger charge is 2.35. The Morgan fingerprint density at radius 1 is 1.07 bits per heavy atom. The lowest BCUT2D eigenvalue weighted by Gasteiger charge is -2.39. The van der Waals surface area contributed by atoms with E-state index in [0.29, 0.717) is 36.5 Å². The maximum Gasteiger partial charge on any atom is 0.410 e. The van der Waals surface area contributed by atoms with Crippen molar-refractivity contribution in [3.05, 3.63) is 101 Å². The van der Waals surface area contributed by atoms with Gasteiger partial charge in [0.1, 0.15) is 17.8 Å². The summed E-state index contributed by atoms with van der Waals surface area (Å²) in [5.74, 6) is -0.305. The van der Waals surface area contributed by atoms with Crippen LogP contribution in [0.3, 0.4) is 0 Å². The van der Waals surface area contributed by atoms with Gasteiger partial charge in [-0.1, -0.05) is 30.3 Å². The molecule has 5 aromatic rings. The minimum Gasteiger partial charge on any atom is -0.444 e. The number of benzene rings is 1. The number of nitrogens with zero attached hydrogens (tertiary/aromatic N) is 6. The van der Waals surface area contributed by atoms with Gasteiger partial charge in [-0.3, -0.25) is 28.8 Å². The Labute approximate surface area is 266 Å². The van der Waals surface area contributed by atoms with Crippen LogP contribution in [0.4, 0.5) is 4.79 Å². The molecular formula is C34H38N8O4. The Bertz CT molecular complexity index is 1860. The smallest absolute Gasteiger partial charge is 0.410 e. The SMILES string of the molecule is CC(C)(C)OC(=O)N1CC(n2cc(-c3cnc(CCCc4ccccc4)c(=O)n3CC(=O)NCc3cc4cnccc4[nH]3)cn2)C1. The molecule has 0 aliphatic carbocycles. The van der Waals surface area contributed by atoms with Gasteiger partial charge >= 0.3 is 6.09 Å². The monoisotopic (exact) mass is 622 g/mol. The van der Waals surface area contributed by atoms with Crippen LogP contribution in [0.1, 0.15) is 50.2 Å². The van der Waals surface area contributed by atoms with E-state index in [1.54, 1.807) is 34.4 Å². The van der Waals surface area contributed by atoms with Crippen LogP contribution in [0.15, 0.2) is 78.2 Å². The Morgan fingerprint density at radius 3 is 2.63 bits per heavy atom. The van der Waals surface area contributed by atoms with Crippen LogP contribution in [0.25, 0.3) is 22.2 Å². The number of nitrogens with one attached hydrogen (secondary N) is 2. The summed E-state index contributed by atoms with van der Waals surface area (Å²) < 4.78 is 8.72. The Hall–Kier alpha value is -5.26. The van der Waals surface area contributed by atoms with Crippen LogP contribution in [-0.2, 0) is 35.5 Å². The molecule has 0 saturated carbocycles. The molecule has 12 heteroatoms. The maximum atomic E-state index is 13.8. The first-order chi connectivity index (χ1) is 22.1. The molecule has 0 bridgehead atoms. The predicted octanol–water partition coefficient (Wildman–Crippen LogP) is 4.27. The molecule has 0 unspecified atom stereocenters. The second-order valence-electron chi connectivity index (χ2n) is 12.6. The van der Waals surface area contributed by atoms with E-state index in [0.717, 1.165) is 29.4 Å². The van der Waals surface area contributed by atoms with Crippen molar-refractivity contribution in [2.24, 2.45) is 0 Å². The molecule has 1 fully saturated rings. The number of carbonyl (C=O) groups is 2. The van der Waals surface area contributed by atoms with Crippen molar-refractivity contribution in [1.82, 2.24) is 39.5 Å². The Kier molecular flexibility index (Phi) is 8.69. The van der Waals surface area contributed by atoms with E-state index in [1.807, 2.05) is 57.3 Å². The molecule has 46 heavy (non-hydrogen) atoms. The second-order valence-corrected chi connectivity index (χ2v) is 12.6. The standard InChI is InChI=1S/C34H38N8O4/c1-34(2,3)46-33(45)40-20-27(21-40)42-19-25(16-38-42)30-18-36-29(11-7-10-23-8-5-4-6-9-23)32(44)41(30)22-31(43)37-17-26-14-24-15-35-13-12-28(24)39-26/h4-6,8-9,12-16,18-19,27,39H,7,10-11,17,20-22H2,1-3H3,(H,37,43). The number of aromatic amines is 1. The predicted molar refractivity (Wildman–Crippen MR) is 173 cm³/mol. The number of hydrogen-bond acceptors (Lipinski definition) is 7. The number of ether oxygens (including phenoxy) is 1. The first-order valence-corrected chi connectivity index (χ1v) is 15.5. The van der Waals surface area contributed by atoms with Gasteiger partial charge in [0.05, 0.1) is 30.7 Å². The lowest BCUT2D eigenvalue weighted by molar-refractivity contribution is -0.121. The highest BCUT2D eigenvalue weighted by atomic mass is 16.6. The number of likely N-dealkylation sites (tertiary alicyclic amines) is 1. The molecule has 1 aliphatic rings. The molecule has 2 N–H and O–H groups in total. The first kappa shape index (κ1) is 30.8. The van der Waals surface area contributed by atoms with Crippen LogP contribution in [0.5, 0.6) is 0 Å². The number of H-pyrrole nitrogens is 1. The lowest BCUT2D eigenvalue weighted by Crippen LogP contribution is -2.52. The number of aryl methyl sites for hydroxylation is 2. The third-order valence-corrected chi connectivity index (χ3v) is 7.89. The van der Waals surface area contributed by atoms with E-state index in [4.69, 9.17) is 4.74 Å². The van der Waals surface area contributed by atoms with E-state index in [9.17, 15) is 14.4 Å².